The molecule has 2 bridgehead atoms. The predicted octanol–water partition coefficient (Wildman–Crippen LogP) is 2.19. The summed E-state index contributed by atoms with van der Waals surface area (Å²) in [6, 6.07) is 1.39. The third-order valence-electron chi connectivity index (χ3n) is 5.10. The zero-order valence-electron chi connectivity index (χ0n) is 13.1. The Morgan fingerprint density at radius 2 is 2.04 bits per heavy atom. The molecule has 0 unspecified atom stereocenters. The minimum atomic E-state index is -0.271. The van der Waals surface area contributed by atoms with E-state index in [0.29, 0.717) is 29.3 Å². The lowest BCUT2D eigenvalue weighted by molar-refractivity contribution is -0.154. The molecule has 0 radical (unpaired) electrons. The summed E-state index contributed by atoms with van der Waals surface area (Å²) >= 11 is 1.36. The maximum absolute atomic E-state index is 12.4. The van der Waals surface area contributed by atoms with Gasteiger partial charge in [-0.15, -0.1) is 11.3 Å². The molecule has 2 saturated carbocycles. The lowest BCUT2D eigenvalue weighted by atomic mass is 9.67. The first-order valence-electron chi connectivity index (χ1n) is 8.28. The first-order chi connectivity index (χ1) is 11.6. The van der Waals surface area contributed by atoms with E-state index >= 15 is 0 Å². The fraction of sp³-hybridized carbons (Fsp3) is 0.529. The fourth-order valence-electron chi connectivity index (χ4n) is 3.90. The standard InChI is InChI=1S/C17H18N2O4S/c20-14-8-13(18-17-19(14)4-5-24-17)9-23-16(22)12-6-10-2-1-3-11(7-12)15(10)21/h4-5,8,10-12H,1-3,6-7,9H2/t10-,11-/m1/s1. The highest BCUT2D eigenvalue weighted by molar-refractivity contribution is 7.15. The summed E-state index contributed by atoms with van der Waals surface area (Å²) in [5.41, 5.74) is 0.285. The Morgan fingerprint density at radius 1 is 1.29 bits per heavy atom. The van der Waals surface area contributed by atoms with Crippen LogP contribution in [0, 0.1) is 17.8 Å². The van der Waals surface area contributed by atoms with E-state index in [9.17, 15) is 14.4 Å². The fourth-order valence-corrected chi connectivity index (χ4v) is 4.64. The third kappa shape index (κ3) is 2.77. The van der Waals surface area contributed by atoms with Crippen LogP contribution in [0.3, 0.4) is 0 Å². The van der Waals surface area contributed by atoms with E-state index < -0.39 is 0 Å². The average Bonchev–Trinajstić information content (AvgIpc) is 3.01. The highest BCUT2D eigenvalue weighted by Crippen LogP contribution is 2.40. The number of ether oxygens (including phenoxy) is 1. The van der Waals surface area contributed by atoms with Crippen LogP contribution in [0.2, 0.25) is 0 Å². The Hall–Kier alpha value is -2.02. The van der Waals surface area contributed by atoms with Gasteiger partial charge in [-0.05, 0) is 25.7 Å². The van der Waals surface area contributed by atoms with E-state index in [1.165, 1.54) is 21.8 Å². The molecule has 2 aromatic rings. The molecule has 7 heteroatoms. The first kappa shape index (κ1) is 15.5. The molecule has 0 saturated heterocycles. The van der Waals surface area contributed by atoms with Gasteiger partial charge in [-0.25, -0.2) is 4.98 Å². The van der Waals surface area contributed by atoms with Crippen LogP contribution in [-0.2, 0) is 20.9 Å². The SMILES string of the molecule is O=C(OCc1cc(=O)n2ccsc2n1)C1C[C@H]2CCC[C@H](C1)C2=O. The van der Waals surface area contributed by atoms with Gasteiger partial charge in [0.1, 0.15) is 12.4 Å². The van der Waals surface area contributed by atoms with E-state index in [4.69, 9.17) is 4.74 Å². The van der Waals surface area contributed by atoms with Gasteiger partial charge in [-0.1, -0.05) is 6.42 Å². The Balaban J connectivity index is 1.42. The number of ketones is 1. The van der Waals surface area contributed by atoms with E-state index in [0.717, 1.165) is 19.3 Å². The summed E-state index contributed by atoms with van der Waals surface area (Å²) in [7, 11) is 0. The second-order valence-electron chi connectivity index (χ2n) is 6.64. The second-order valence-corrected chi connectivity index (χ2v) is 7.52. The molecule has 0 aliphatic heterocycles. The molecule has 2 aromatic heterocycles. The molecule has 2 atom stereocenters. The van der Waals surface area contributed by atoms with Crippen LogP contribution >= 0.6 is 11.3 Å². The normalized spacial score (nSPS) is 26.5. The van der Waals surface area contributed by atoms with Gasteiger partial charge in [0.25, 0.3) is 5.56 Å². The van der Waals surface area contributed by atoms with Crippen molar-refractivity contribution in [3.8, 4) is 0 Å². The van der Waals surface area contributed by atoms with Crippen LogP contribution in [0.25, 0.3) is 4.96 Å². The zero-order valence-corrected chi connectivity index (χ0v) is 14.0. The van der Waals surface area contributed by atoms with Gasteiger partial charge in [0.05, 0.1) is 11.6 Å². The summed E-state index contributed by atoms with van der Waals surface area (Å²) in [6.45, 7) is 0.00224. The first-order valence-corrected chi connectivity index (χ1v) is 9.16. The third-order valence-corrected chi connectivity index (χ3v) is 5.86. The number of fused-ring (bicyclic) bond motifs is 3. The molecule has 2 fully saturated rings. The maximum atomic E-state index is 12.4. The molecule has 0 aromatic carbocycles. The summed E-state index contributed by atoms with van der Waals surface area (Å²) in [5, 5.41) is 1.79. The number of aromatic nitrogens is 2. The Morgan fingerprint density at radius 3 is 2.79 bits per heavy atom. The molecule has 4 rings (SSSR count). The number of nitrogens with zero attached hydrogens (tertiary/aromatic N) is 2. The molecule has 0 amide bonds. The highest BCUT2D eigenvalue weighted by atomic mass is 32.1. The predicted molar refractivity (Wildman–Crippen MR) is 87.7 cm³/mol. The van der Waals surface area contributed by atoms with Crippen LogP contribution in [0.1, 0.15) is 37.8 Å². The van der Waals surface area contributed by atoms with Gasteiger partial charge in [0.15, 0.2) is 4.96 Å². The average molecular weight is 346 g/mol. The van der Waals surface area contributed by atoms with Crippen molar-refractivity contribution < 1.29 is 14.3 Å². The smallest absolute Gasteiger partial charge is 0.309 e. The molecule has 2 aliphatic carbocycles. The van der Waals surface area contributed by atoms with Gasteiger partial charge >= 0.3 is 5.97 Å². The lowest BCUT2D eigenvalue weighted by Crippen LogP contribution is -2.39. The van der Waals surface area contributed by atoms with Gasteiger partial charge < -0.3 is 4.74 Å². The molecule has 6 nitrogen and oxygen atoms in total. The second kappa shape index (κ2) is 6.12. The number of Topliss-reactive ketones (excluding diaryl/α,β-unsaturated/α-hetero) is 1. The number of carbonyl (C=O) groups excluding carboxylic acids is 2. The molecule has 126 valence electrons. The number of thiazole rings is 1. The highest BCUT2D eigenvalue weighted by Gasteiger charge is 2.41. The number of hydrogen-bond donors (Lipinski definition) is 0. The zero-order chi connectivity index (χ0) is 16.7. The molecule has 0 spiro atoms. The molecular formula is C17H18N2O4S. The molecule has 2 aliphatic rings. The summed E-state index contributed by atoms with van der Waals surface area (Å²) in [5.74, 6) is -0.0825. The summed E-state index contributed by atoms with van der Waals surface area (Å²) in [6.07, 6.45) is 5.75. The van der Waals surface area contributed by atoms with Gasteiger partial charge in [0.2, 0.25) is 0 Å². The monoisotopic (exact) mass is 346 g/mol. The maximum Gasteiger partial charge on any atom is 0.309 e. The van der Waals surface area contributed by atoms with Crippen molar-refractivity contribution in [1.82, 2.24) is 9.38 Å². The van der Waals surface area contributed by atoms with Crippen LogP contribution in [0.5, 0.6) is 0 Å². The van der Waals surface area contributed by atoms with Crippen LogP contribution in [0.4, 0.5) is 0 Å². The molecule has 2 heterocycles. The van der Waals surface area contributed by atoms with Crippen LogP contribution in [-0.4, -0.2) is 21.1 Å². The van der Waals surface area contributed by atoms with Gasteiger partial charge in [0, 0.05) is 29.5 Å². The number of esters is 1. The molecular weight excluding hydrogens is 328 g/mol. The lowest BCUT2D eigenvalue weighted by Gasteiger charge is -2.36. The number of hydrogen-bond acceptors (Lipinski definition) is 6. The molecule has 0 N–H and O–H groups in total. The largest absolute Gasteiger partial charge is 0.459 e. The van der Waals surface area contributed by atoms with Crippen LogP contribution in [0.15, 0.2) is 22.4 Å². The topological polar surface area (TPSA) is 77.7 Å². The Kier molecular flexibility index (Phi) is 3.96. The van der Waals surface area contributed by atoms with Crippen molar-refractivity contribution in [3.63, 3.8) is 0 Å². The summed E-state index contributed by atoms with van der Waals surface area (Å²) in [4.78, 5) is 41.3. The Bertz CT molecular complexity index is 840. The van der Waals surface area contributed by atoms with E-state index in [-0.39, 0.29) is 35.9 Å². The van der Waals surface area contributed by atoms with Gasteiger partial charge in [-0.2, -0.15) is 0 Å². The van der Waals surface area contributed by atoms with Crippen LogP contribution < -0.4 is 5.56 Å². The van der Waals surface area contributed by atoms with Crippen molar-refractivity contribution in [3.05, 3.63) is 33.7 Å². The quantitative estimate of drug-likeness (QED) is 0.796. The molecule has 24 heavy (non-hydrogen) atoms. The summed E-state index contributed by atoms with van der Waals surface area (Å²) < 4.78 is 6.85. The van der Waals surface area contributed by atoms with Crippen molar-refractivity contribution in [1.29, 1.82) is 0 Å². The number of carbonyl (C=O) groups is 2. The van der Waals surface area contributed by atoms with Crippen molar-refractivity contribution in [2.24, 2.45) is 17.8 Å². The van der Waals surface area contributed by atoms with E-state index in [1.807, 2.05) is 0 Å². The van der Waals surface area contributed by atoms with E-state index in [2.05, 4.69) is 4.98 Å². The minimum absolute atomic E-state index is 0.00224. The minimum Gasteiger partial charge on any atom is -0.459 e. The van der Waals surface area contributed by atoms with Crippen molar-refractivity contribution in [2.45, 2.75) is 38.7 Å². The Labute approximate surface area is 142 Å². The van der Waals surface area contributed by atoms with E-state index in [1.54, 1.807) is 11.6 Å². The van der Waals surface area contributed by atoms with Gasteiger partial charge in [-0.3, -0.25) is 18.8 Å². The van der Waals surface area contributed by atoms with Crippen molar-refractivity contribution in [2.75, 3.05) is 0 Å². The van der Waals surface area contributed by atoms with Crippen molar-refractivity contribution >= 4 is 28.1 Å². The number of rotatable bonds is 3.